The Morgan fingerprint density at radius 3 is 2.28 bits per heavy atom. The number of nitrogens with one attached hydrogen (secondary N) is 1. The fourth-order valence-corrected chi connectivity index (χ4v) is 8.67. The van der Waals surface area contributed by atoms with Crippen LogP contribution in [0.25, 0.3) is 22.2 Å². The van der Waals surface area contributed by atoms with Crippen molar-refractivity contribution in [3.8, 4) is 5.00 Å². The van der Waals surface area contributed by atoms with Gasteiger partial charge in [-0.05, 0) is 62.2 Å². The molecule has 5 heterocycles. The summed E-state index contributed by atoms with van der Waals surface area (Å²) >= 11 is 7.87. The van der Waals surface area contributed by atoms with Gasteiger partial charge in [0.25, 0.3) is 5.56 Å². The fraction of sp³-hybridized carbons (Fsp3) is 0.364. The maximum absolute atomic E-state index is 13.7. The minimum Gasteiger partial charge on any atom is -0.379 e. The molecule has 1 aliphatic heterocycles. The van der Waals surface area contributed by atoms with Gasteiger partial charge in [0.2, 0.25) is 11.8 Å². The molecule has 0 spiro atoms. The van der Waals surface area contributed by atoms with Crippen molar-refractivity contribution >= 4 is 57.7 Å². The number of nitrogens with two attached hydrogens (primary N) is 1. The van der Waals surface area contributed by atoms with Crippen LogP contribution in [0.3, 0.4) is 0 Å². The predicted molar refractivity (Wildman–Crippen MR) is 241 cm³/mol. The summed E-state index contributed by atoms with van der Waals surface area (Å²) in [6.07, 6.45) is 1.66. The molecular weight excluding hydrogens is 867 g/mol. The van der Waals surface area contributed by atoms with Crippen LogP contribution in [0.5, 0.6) is 0 Å². The second kappa shape index (κ2) is 20.2. The molecule has 0 unspecified atom stereocenters. The Labute approximate surface area is 376 Å². The fourth-order valence-electron chi connectivity index (χ4n) is 7.33. The Hall–Kier alpha value is -6.12. The molecule has 0 fully saturated rings. The van der Waals surface area contributed by atoms with Crippen LogP contribution in [-0.2, 0) is 44.4 Å². The first-order valence-corrected chi connectivity index (χ1v) is 21.7. The van der Waals surface area contributed by atoms with Crippen molar-refractivity contribution in [1.29, 1.82) is 0 Å². The number of aromatic nitrogens is 7. The van der Waals surface area contributed by atoms with Crippen LogP contribution in [0, 0.1) is 26.6 Å². The van der Waals surface area contributed by atoms with Gasteiger partial charge >= 0.3 is 5.69 Å². The lowest BCUT2D eigenvalue weighted by atomic mass is 9.99. The molecule has 7 rings (SSSR count). The van der Waals surface area contributed by atoms with Crippen LogP contribution < -0.4 is 22.3 Å². The van der Waals surface area contributed by atoms with Crippen LogP contribution in [0.2, 0.25) is 5.02 Å². The lowest BCUT2D eigenvalue weighted by Crippen LogP contribution is -2.37. The number of fused-ring (bicyclic) bond motifs is 4. The molecule has 0 saturated heterocycles. The van der Waals surface area contributed by atoms with Crippen molar-refractivity contribution in [3.63, 3.8) is 0 Å². The van der Waals surface area contributed by atoms with Gasteiger partial charge in [-0.2, -0.15) is 0 Å². The monoisotopic (exact) mass is 914 g/mol. The lowest BCUT2D eigenvalue weighted by molar-refractivity contribution is -0.121. The molecule has 0 aliphatic carbocycles. The third-order valence-corrected chi connectivity index (χ3v) is 12.3. The smallest absolute Gasteiger partial charge is 0.332 e. The van der Waals surface area contributed by atoms with Crippen LogP contribution in [-0.4, -0.2) is 97.2 Å². The second-order valence-corrected chi connectivity index (χ2v) is 16.8. The van der Waals surface area contributed by atoms with Crippen LogP contribution >= 0.6 is 22.9 Å². The Morgan fingerprint density at radius 1 is 0.922 bits per heavy atom. The van der Waals surface area contributed by atoms with Gasteiger partial charge in [0, 0.05) is 53.7 Å². The van der Waals surface area contributed by atoms with E-state index in [0.29, 0.717) is 28.8 Å². The number of imidazole rings is 1. The van der Waals surface area contributed by atoms with Crippen LogP contribution in [0.15, 0.2) is 68.7 Å². The van der Waals surface area contributed by atoms with E-state index < -0.39 is 29.0 Å². The van der Waals surface area contributed by atoms with Crippen molar-refractivity contribution in [1.82, 2.24) is 38.8 Å². The SMILES string of the molecule is Cc1sc2c(c1C)C(c1ccc(Cl)cc1)=N[C@@H](CC(=O)NCCOCCOCCOCC/C(=C/c1nc3c(=O)n(C)c(=O)n(C)c3n1Cc1ccc(F)cc1)C(N)=O)c1nnc(C)n1-2. The average Bonchev–Trinajstić information content (AvgIpc) is 3.90. The number of rotatable bonds is 19. The molecule has 0 saturated carbocycles. The molecule has 64 heavy (non-hydrogen) atoms. The van der Waals surface area contributed by atoms with Gasteiger partial charge < -0.3 is 29.8 Å². The number of halogens is 2. The molecule has 2 aromatic carbocycles. The molecule has 0 bridgehead atoms. The summed E-state index contributed by atoms with van der Waals surface area (Å²) in [7, 11) is 2.87. The maximum Gasteiger partial charge on any atom is 0.332 e. The Kier molecular flexibility index (Phi) is 14.4. The topological polar surface area (TPSA) is 205 Å². The molecule has 3 N–H and O–H groups in total. The summed E-state index contributed by atoms with van der Waals surface area (Å²) < 4.78 is 36.5. The number of primary amides is 1. The van der Waals surface area contributed by atoms with Crippen molar-refractivity contribution in [2.24, 2.45) is 24.8 Å². The second-order valence-electron chi connectivity index (χ2n) is 15.1. The number of amides is 2. The van der Waals surface area contributed by atoms with Gasteiger partial charge in [-0.3, -0.25) is 33.1 Å². The maximum atomic E-state index is 13.7. The lowest BCUT2D eigenvalue weighted by Gasteiger charge is -2.13. The average molecular weight is 915 g/mol. The number of nitrogens with zero attached hydrogens (tertiary/aromatic N) is 8. The number of carbonyl (C=O) groups excluding carboxylic acids is 2. The van der Waals surface area contributed by atoms with Gasteiger partial charge in [-0.25, -0.2) is 14.2 Å². The summed E-state index contributed by atoms with van der Waals surface area (Å²) in [6.45, 7) is 7.94. The van der Waals surface area contributed by atoms with Gasteiger partial charge in [-0.1, -0.05) is 35.9 Å². The van der Waals surface area contributed by atoms with E-state index in [2.05, 4.69) is 34.3 Å². The molecule has 6 aromatic rings. The molecular formula is C44H48ClFN10O7S. The standard InChI is InChI=1S/C44H48ClFN10O7S/c1-25-26(2)64-43-36(25)37(29-8-10-31(45)11-9-29)49-33(40-52-51-27(3)56(40)43)23-35(57)48-15-17-62-19-21-63-20-18-61-16-14-30(39(47)58)22-34-50-38-41(53(4)44(60)54(5)42(38)59)55(34)24-28-6-12-32(46)13-7-28/h6-13,22,33H,14-21,23-24H2,1-5H3,(H2,47,58)(H,48,57)/b30-22-/t33-/m0/s1. The molecule has 4 aromatic heterocycles. The van der Waals surface area contributed by atoms with E-state index in [9.17, 15) is 23.6 Å². The van der Waals surface area contributed by atoms with E-state index in [1.54, 1.807) is 28.0 Å². The highest BCUT2D eigenvalue weighted by atomic mass is 35.5. The number of aliphatic imine (C=N–C) groups is 1. The Balaban J connectivity index is 0.862. The normalized spacial score (nSPS) is 13.8. The third kappa shape index (κ3) is 9.98. The highest BCUT2D eigenvalue weighted by molar-refractivity contribution is 7.15. The number of carbonyl (C=O) groups is 2. The van der Waals surface area contributed by atoms with Crippen molar-refractivity contribution in [3.05, 3.63) is 130 Å². The highest BCUT2D eigenvalue weighted by Gasteiger charge is 2.32. The molecule has 1 atom stereocenters. The molecule has 0 radical (unpaired) electrons. The van der Waals surface area contributed by atoms with Gasteiger partial charge in [0.1, 0.15) is 28.5 Å². The first-order chi connectivity index (χ1) is 30.7. The number of hydrogen-bond donors (Lipinski definition) is 2. The zero-order valence-corrected chi connectivity index (χ0v) is 37.6. The van der Waals surface area contributed by atoms with E-state index in [1.165, 1.54) is 36.9 Å². The van der Waals surface area contributed by atoms with E-state index in [0.717, 1.165) is 36.8 Å². The highest BCUT2D eigenvalue weighted by Crippen LogP contribution is 2.39. The minimum atomic E-state index is -0.710. The predicted octanol–water partition coefficient (Wildman–Crippen LogP) is 4.25. The van der Waals surface area contributed by atoms with Gasteiger partial charge in [0.15, 0.2) is 17.0 Å². The number of aryl methyl sites for hydroxylation is 3. The number of benzene rings is 2. The summed E-state index contributed by atoms with van der Waals surface area (Å²) in [6, 6.07) is 12.7. The van der Waals surface area contributed by atoms with E-state index in [-0.39, 0.29) is 87.4 Å². The van der Waals surface area contributed by atoms with Crippen molar-refractivity contribution in [2.45, 2.75) is 46.2 Å². The minimum absolute atomic E-state index is 0.0268. The first kappa shape index (κ1) is 45.9. The summed E-state index contributed by atoms with van der Waals surface area (Å²) in [5.41, 5.74) is 9.47. The third-order valence-electron chi connectivity index (χ3n) is 10.8. The zero-order chi connectivity index (χ0) is 45.7. The quantitative estimate of drug-likeness (QED) is 0.0874. The molecule has 20 heteroatoms. The van der Waals surface area contributed by atoms with E-state index in [4.69, 9.17) is 36.5 Å². The molecule has 1 aliphatic rings. The summed E-state index contributed by atoms with van der Waals surface area (Å²) in [5, 5.41) is 13.3. The number of hydrogen-bond acceptors (Lipinski definition) is 12. The van der Waals surface area contributed by atoms with Crippen molar-refractivity contribution in [2.75, 3.05) is 46.2 Å². The summed E-state index contributed by atoms with van der Waals surface area (Å²) in [4.78, 5) is 62.4. The Bertz CT molecular complexity index is 2880. The van der Waals surface area contributed by atoms with Crippen molar-refractivity contribution < 1.29 is 28.2 Å². The van der Waals surface area contributed by atoms with Gasteiger partial charge in [-0.15, -0.1) is 21.5 Å². The zero-order valence-electron chi connectivity index (χ0n) is 36.0. The summed E-state index contributed by atoms with van der Waals surface area (Å²) in [5.74, 6) is 0.200. The first-order valence-electron chi connectivity index (χ1n) is 20.5. The molecule has 336 valence electrons. The number of thiophene rings is 1. The van der Waals surface area contributed by atoms with E-state index >= 15 is 0 Å². The van der Waals surface area contributed by atoms with Crippen LogP contribution in [0.4, 0.5) is 4.39 Å². The largest absolute Gasteiger partial charge is 0.379 e. The van der Waals surface area contributed by atoms with E-state index in [1.807, 2.05) is 35.8 Å². The van der Waals surface area contributed by atoms with Gasteiger partial charge in [0.05, 0.1) is 58.3 Å². The number of ether oxygens (including phenoxy) is 3. The van der Waals surface area contributed by atoms with Crippen LogP contribution in [0.1, 0.15) is 63.5 Å². The molecule has 17 nitrogen and oxygen atoms in total. The molecule has 2 amide bonds. The Morgan fingerprint density at radius 2 is 1.59 bits per heavy atom.